The Balaban J connectivity index is 2.17. The summed E-state index contributed by atoms with van der Waals surface area (Å²) < 4.78 is 14.3. The second kappa shape index (κ2) is 6.33. The van der Waals surface area contributed by atoms with Gasteiger partial charge in [-0.1, -0.05) is 12.1 Å². The van der Waals surface area contributed by atoms with Crippen molar-refractivity contribution >= 4 is 5.84 Å². The van der Waals surface area contributed by atoms with Gasteiger partial charge in [0.1, 0.15) is 11.7 Å². The molecule has 1 saturated heterocycles. The Kier molecular flexibility index (Phi) is 4.73. The monoisotopic (exact) mass is 278 g/mol. The van der Waals surface area contributed by atoms with Crippen LogP contribution in [0.15, 0.2) is 18.2 Å². The molecule has 1 aliphatic rings. The molecule has 5 heteroatoms. The van der Waals surface area contributed by atoms with Gasteiger partial charge >= 0.3 is 0 Å². The molecule has 0 aromatic heterocycles. The number of halogens is 1. The number of benzene rings is 1. The van der Waals surface area contributed by atoms with Gasteiger partial charge in [-0.05, 0) is 33.0 Å². The number of amidine groups is 1. The van der Waals surface area contributed by atoms with Gasteiger partial charge in [0.25, 0.3) is 0 Å². The number of hydrogen-bond donors (Lipinski definition) is 2. The minimum Gasteiger partial charge on any atom is -0.384 e. The average molecular weight is 278 g/mol. The summed E-state index contributed by atoms with van der Waals surface area (Å²) in [7, 11) is 2.12. The van der Waals surface area contributed by atoms with Gasteiger partial charge in [-0.3, -0.25) is 10.3 Å². The first-order chi connectivity index (χ1) is 9.49. The first-order valence-electron chi connectivity index (χ1n) is 7.03. The van der Waals surface area contributed by atoms with Crippen LogP contribution >= 0.6 is 0 Å². The smallest absolute Gasteiger partial charge is 0.138 e. The molecule has 1 aromatic rings. The summed E-state index contributed by atoms with van der Waals surface area (Å²) >= 11 is 0. The maximum Gasteiger partial charge on any atom is 0.138 e. The Hall–Kier alpha value is -1.46. The number of nitrogens with zero attached hydrogens (tertiary/aromatic N) is 2. The molecule has 0 saturated carbocycles. The normalized spacial score (nSPS) is 21.6. The van der Waals surface area contributed by atoms with Crippen LogP contribution in [0.4, 0.5) is 4.39 Å². The van der Waals surface area contributed by atoms with Gasteiger partial charge in [0.05, 0.1) is 5.56 Å². The number of nitrogens with one attached hydrogen (secondary N) is 1. The molecule has 1 aliphatic heterocycles. The van der Waals surface area contributed by atoms with Crippen molar-refractivity contribution in [1.29, 1.82) is 5.41 Å². The molecule has 110 valence electrons. The zero-order valence-corrected chi connectivity index (χ0v) is 12.2. The molecule has 0 aliphatic carbocycles. The molecule has 3 N–H and O–H groups in total. The highest BCUT2D eigenvalue weighted by Gasteiger charge is 2.21. The molecular formula is C15H23FN4. The fourth-order valence-corrected chi connectivity index (χ4v) is 2.79. The van der Waals surface area contributed by atoms with Gasteiger partial charge in [0.2, 0.25) is 0 Å². The molecule has 1 heterocycles. The molecular weight excluding hydrogens is 255 g/mol. The Bertz CT molecular complexity index is 489. The van der Waals surface area contributed by atoms with Gasteiger partial charge < -0.3 is 10.6 Å². The van der Waals surface area contributed by atoms with Crippen LogP contribution in [0.5, 0.6) is 0 Å². The van der Waals surface area contributed by atoms with Crippen molar-refractivity contribution in [3.05, 3.63) is 35.1 Å². The summed E-state index contributed by atoms with van der Waals surface area (Å²) in [6.07, 6.45) is 1.09. The highest BCUT2D eigenvalue weighted by Crippen LogP contribution is 2.18. The van der Waals surface area contributed by atoms with Crippen LogP contribution in [0.25, 0.3) is 0 Å². The number of rotatable bonds is 3. The Labute approximate surface area is 119 Å². The summed E-state index contributed by atoms with van der Waals surface area (Å²) in [4.78, 5) is 4.61. The van der Waals surface area contributed by atoms with E-state index in [2.05, 4.69) is 23.8 Å². The fourth-order valence-electron chi connectivity index (χ4n) is 2.79. The fraction of sp³-hybridized carbons (Fsp3) is 0.533. The standard InChI is InChI=1S/C15H23FN4/c1-11-9-19(2)7-4-8-20(11)10-12-5-3-6-13(14(12)16)15(17)18/h3,5-6,11H,4,7-10H2,1-2H3,(H3,17,18). The zero-order valence-electron chi connectivity index (χ0n) is 12.2. The lowest BCUT2D eigenvalue weighted by Gasteiger charge is -2.28. The highest BCUT2D eigenvalue weighted by atomic mass is 19.1. The molecule has 1 atom stereocenters. The summed E-state index contributed by atoms with van der Waals surface area (Å²) in [5.74, 6) is -0.571. The summed E-state index contributed by atoms with van der Waals surface area (Å²) in [6.45, 7) is 5.79. The van der Waals surface area contributed by atoms with Crippen molar-refractivity contribution in [2.24, 2.45) is 5.73 Å². The van der Waals surface area contributed by atoms with Gasteiger partial charge in [-0.25, -0.2) is 4.39 Å². The van der Waals surface area contributed by atoms with Crippen LogP contribution < -0.4 is 5.73 Å². The second-order valence-corrected chi connectivity index (χ2v) is 5.63. The maximum absolute atomic E-state index is 14.3. The van der Waals surface area contributed by atoms with Crippen molar-refractivity contribution in [3.63, 3.8) is 0 Å². The lowest BCUT2D eigenvalue weighted by Crippen LogP contribution is -2.37. The van der Waals surface area contributed by atoms with Crippen molar-refractivity contribution in [1.82, 2.24) is 9.80 Å². The van der Waals surface area contributed by atoms with Crippen LogP contribution in [0.3, 0.4) is 0 Å². The lowest BCUT2D eigenvalue weighted by molar-refractivity contribution is 0.192. The van der Waals surface area contributed by atoms with E-state index in [1.165, 1.54) is 0 Å². The van der Waals surface area contributed by atoms with E-state index >= 15 is 0 Å². The molecule has 0 radical (unpaired) electrons. The minimum absolute atomic E-state index is 0.196. The number of hydrogen-bond acceptors (Lipinski definition) is 3. The van der Waals surface area contributed by atoms with E-state index in [9.17, 15) is 4.39 Å². The largest absolute Gasteiger partial charge is 0.384 e. The molecule has 0 spiro atoms. The predicted octanol–water partition coefficient (Wildman–Crippen LogP) is 1.64. The topological polar surface area (TPSA) is 56.4 Å². The van der Waals surface area contributed by atoms with Gasteiger partial charge in [0.15, 0.2) is 0 Å². The second-order valence-electron chi connectivity index (χ2n) is 5.63. The highest BCUT2D eigenvalue weighted by molar-refractivity contribution is 5.95. The zero-order chi connectivity index (χ0) is 14.7. The molecule has 0 amide bonds. The van der Waals surface area contributed by atoms with Crippen LogP contribution in [0.2, 0.25) is 0 Å². The van der Waals surface area contributed by atoms with E-state index in [0.717, 1.165) is 26.1 Å². The Morgan fingerprint density at radius 2 is 2.20 bits per heavy atom. The van der Waals surface area contributed by atoms with E-state index in [-0.39, 0.29) is 17.2 Å². The Morgan fingerprint density at radius 1 is 1.45 bits per heavy atom. The van der Waals surface area contributed by atoms with Crippen molar-refractivity contribution in [2.45, 2.75) is 25.9 Å². The Morgan fingerprint density at radius 3 is 2.90 bits per heavy atom. The van der Waals surface area contributed by atoms with Gasteiger partial charge in [0, 0.05) is 31.2 Å². The summed E-state index contributed by atoms with van der Waals surface area (Å²) in [5, 5.41) is 7.41. The third-order valence-corrected chi connectivity index (χ3v) is 3.93. The van der Waals surface area contributed by atoms with Crippen molar-refractivity contribution in [2.75, 3.05) is 26.7 Å². The van der Waals surface area contributed by atoms with E-state index < -0.39 is 0 Å². The SMILES string of the molecule is CC1CN(C)CCCN1Cc1cccc(C(=N)N)c1F. The molecule has 1 fully saturated rings. The molecule has 20 heavy (non-hydrogen) atoms. The number of nitrogens with two attached hydrogens (primary N) is 1. The average Bonchev–Trinajstić information content (AvgIpc) is 2.53. The molecule has 4 nitrogen and oxygen atoms in total. The number of likely N-dealkylation sites (N-methyl/N-ethyl adjacent to an activating group) is 1. The van der Waals surface area contributed by atoms with E-state index in [0.29, 0.717) is 18.2 Å². The maximum atomic E-state index is 14.3. The van der Waals surface area contributed by atoms with Crippen LogP contribution in [0, 0.1) is 11.2 Å². The molecule has 1 unspecified atom stereocenters. The van der Waals surface area contributed by atoms with Crippen LogP contribution in [-0.2, 0) is 6.54 Å². The van der Waals surface area contributed by atoms with E-state index in [4.69, 9.17) is 11.1 Å². The molecule has 2 rings (SSSR count). The molecule has 1 aromatic carbocycles. The third kappa shape index (κ3) is 3.35. The van der Waals surface area contributed by atoms with E-state index in [1.54, 1.807) is 18.2 Å². The summed E-state index contributed by atoms with van der Waals surface area (Å²) in [5.41, 5.74) is 6.23. The third-order valence-electron chi connectivity index (χ3n) is 3.93. The molecule has 0 bridgehead atoms. The van der Waals surface area contributed by atoms with Gasteiger partial charge in [-0.2, -0.15) is 0 Å². The van der Waals surface area contributed by atoms with Crippen molar-refractivity contribution in [3.8, 4) is 0 Å². The predicted molar refractivity (Wildman–Crippen MR) is 79.4 cm³/mol. The first-order valence-corrected chi connectivity index (χ1v) is 7.03. The van der Waals surface area contributed by atoms with Crippen LogP contribution in [-0.4, -0.2) is 48.4 Å². The number of nitrogen functional groups attached to an aromatic ring is 1. The van der Waals surface area contributed by atoms with Crippen molar-refractivity contribution < 1.29 is 4.39 Å². The van der Waals surface area contributed by atoms with Crippen LogP contribution in [0.1, 0.15) is 24.5 Å². The van der Waals surface area contributed by atoms with E-state index in [1.807, 2.05) is 0 Å². The quantitative estimate of drug-likeness (QED) is 0.653. The first kappa shape index (κ1) is 14.9. The van der Waals surface area contributed by atoms with Gasteiger partial charge in [-0.15, -0.1) is 0 Å². The summed E-state index contributed by atoms with van der Waals surface area (Å²) in [6, 6.07) is 5.50. The lowest BCUT2D eigenvalue weighted by atomic mass is 10.1. The minimum atomic E-state index is -0.357.